The molecule has 18 heavy (non-hydrogen) atoms. The number of fused-ring (bicyclic) bond motifs is 1. The molecule has 0 spiro atoms. The van der Waals surface area contributed by atoms with Crippen molar-refractivity contribution in [1.82, 2.24) is 10.2 Å². The zero-order valence-electron chi connectivity index (χ0n) is 10.2. The summed E-state index contributed by atoms with van der Waals surface area (Å²) in [5.74, 6) is 0. The topological polar surface area (TPSA) is 67.6 Å². The standard InChI is InChI=1S/C13H17N3O2/c14-11-2-1-9-6-16(7-10(9)5-11)13(17)15-12-3-4-18-8-12/h1-2,5,12H,3-4,6-8,14H2,(H,15,17). The van der Waals surface area contributed by atoms with E-state index in [1.54, 1.807) is 0 Å². The second kappa shape index (κ2) is 4.49. The van der Waals surface area contributed by atoms with Gasteiger partial charge in [-0.15, -0.1) is 0 Å². The van der Waals surface area contributed by atoms with Crippen LogP contribution in [0.2, 0.25) is 0 Å². The third kappa shape index (κ3) is 2.13. The number of hydrogen-bond acceptors (Lipinski definition) is 3. The molecule has 1 saturated heterocycles. The minimum absolute atomic E-state index is 0.0136. The van der Waals surface area contributed by atoms with Gasteiger partial charge < -0.3 is 20.7 Å². The Kier molecular flexibility index (Phi) is 2.83. The van der Waals surface area contributed by atoms with Gasteiger partial charge in [-0.1, -0.05) is 6.07 Å². The van der Waals surface area contributed by atoms with Crippen LogP contribution in [0.15, 0.2) is 18.2 Å². The van der Waals surface area contributed by atoms with Crippen molar-refractivity contribution >= 4 is 11.7 Å². The molecule has 1 aromatic rings. The predicted molar refractivity (Wildman–Crippen MR) is 67.9 cm³/mol. The van der Waals surface area contributed by atoms with Crippen molar-refractivity contribution < 1.29 is 9.53 Å². The summed E-state index contributed by atoms with van der Waals surface area (Å²) in [5, 5.41) is 3.00. The Hall–Kier alpha value is -1.75. The molecule has 5 heteroatoms. The smallest absolute Gasteiger partial charge is 0.318 e. The van der Waals surface area contributed by atoms with E-state index < -0.39 is 0 Å². The Morgan fingerprint density at radius 2 is 2.22 bits per heavy atom. The first-order valence-corrected chi connectivity index (χ1v) is 6.23. The molecule has 0 aromatic heterocycles. The van der Waals surface area contributed by atoms with Crippen LogP contribution in [0.5, 0.6) is 0 Å². The van der Waals surface area contributed by atoms with Crippen LogP contribution in [0, 0.1) is 0 Å². The number of carbonyl (C=O) groups is 1. The van der Waals surface area contributed by atoms with Gasteiger partial charge in [0.2, 0.25) is 0 Å². The molecule has 2 aliphatic rings. The van der Waals surface area contributed by atoms with Crippen LogP contribution in [0.25, 0.3) is 0 Å². The maximum Gasteiger partial charge on any atom is 0.318 e. The molecule has 2 amide bonds. The number of nitrogen functional groups attached to an aromatic ring is 1. The molecule has 0 saturated carbocycles. The van der Waals surface area contributed by atoms with E-state index in [-0.39, 0.29) is 12.1 Å². The fourth-order valence-corrected chi connectivity index (χ4v) is 2.47. The number of carbonyl (C=O) groups excluding carboxylic acids is 1. The van der Waals surface area contributed by atoms with E-state index >= 15 is 0 Å². The summed E-state index contributed by atoms with van der Waals surface area (Å²) in [6, 6.07) is 5.97. The lowest BCUT2D eigenvalue weighted by molar-refractivity contribution is 0.178. The summed E-state index contributed by atoms with van der Waals surface area (Å²) in [6.07, 6.45) is 0.902. The van der Waals surface area contributed by atoms with Gasteiger partial charge in [0.25, 0.3) is 0 Å². The van der Waals surface area contributed by atoms with Gasteiger partial charge in [-0.05, 0) is 29.7 Å². The molecule has 3 rings (SSSR count). The third-order valence-electron chi connectivity index (χ3n) is 3.50. The number of benzene rings is 1. The van der Waals surface area contributed by atoms with Crippen LogP contribution in [0.3, 0.4) is 0 Å². The van der Waals surface area contributed by atoms with Crippen molar-refractivity contribution in [2.45, 2.75) is 25.6 Å². The zero-order valence-corrected chi connectivity index (χ0v) is 10.2. The molecule has 3 N–H and O–H groups in total. The van der Waals surface area contributed by atoms with Crippen LogP contribution in [-0.2, 0) is 17.8 Å². The minimum atomic E-state index is -0.0136. The summed E-state index contributed by atoms with van der Waals surface area (Å²) < 4.78 is 5.25. The predicted octanol–water partition coefficient (Wildman–Crippen LogP) is 1.08. The number of anilines is 1. The average molecular weight is 247 g/mol. The van der Waals surface area contributed by atoms with Crippen LogP contribution in [0.4, 0.5) is 10.5 Å². The third-order valence-corrected chi connectivity index (χ3v) is 3.50. The highest BCUT2D eigenvalue weighted by molar-refractivity contribution is 5.75. The molecule has 96 valence electrons. The summed E-state index contributed by atoms with van der Waals surface area (Å²) in [5.41, 5.74) is 8.83. The summed E-state index contributed by atoms with van der Waals surface area (Å²) in [6.45, 7) is 2.66. The SMILES string of the molecule is Nc1ccc2c(c1)CN(C(=O)NC1CCOC1)C2. The number of hydrogen-bond donors (Lipinski definition) is 2. The summed E-state index contributed by atoms with van der Waals surface area (Å²) in [7, 11) is 0. The van der Waals surface area contributed by atoms with E-state index in [4.69, 9.17) is 10.5 Å². The van der Waals surface area contributed by atoms with Crippen molar-refractivity contribution in [3.05, 3.63) is 29.3 Å². The van der Waals surface area contributed by atoms with Gasteiger partial charge >= 0.3 is 6.03 Å². The van der Waals surface area contributed by atoms with E-state index in [1.807, 2.05) is 23.1 Å². The summed E-state index contributed by atoms with van der Waals surface area (Å²) >= 11 is 0. The Morgan fingerprint density at radius 1 is 1.39 bits per heavy atom. The Morgan fingerprint density at radius 3 is 3.00 bits per heavy atom. The second-order valence-corrected chi connectivity index (χ2v) is 4.89. The van der Waals surface area contributed by atoms with E-state index in [2.05, 4.69) is 5.32 Å². The van der Waals surface area contributed by atoms with Gasteiger partial charge in [-0.3, -0.25) is 0 Å². The number of urea groups is 1. The quantitative estimate of drug-likeness (QED) is 0.730. The van der Waals surface area contributed by atoms with Crippen molar-refractivity contribution in [3.63, 3.8) is 0 Å². The monoisotopic (exact) mass is 247 g/mol. The molecule has 5 nitrogen and oxygen atoms in total. The summed E-state index contributed by atoms with van der Waals surface area (Å²) in [4.78, 5) is 13.9. The number of nitrogens with two attached hydrogens (primary N) is 1. The lowest BCUT2D eigenvalue weighted by Crippen LogP contribution is -2.42. The Bertz CT molecular complexity index is 469. The molecule has 0 bridgehead atoms. The second-order valence-electron chi connectivity index (χ2n) is 4.89. The molecule has 2 heterocycles. The normalized spacial score (nSPS) is 22.0. The fourth-order valence-electron chi connectivity index (χ4n) is 2.47. The zero-order chi connectivity index (χ0) is 12.5. The number of rotatable bonds is 1. The van der Waals surface area contributed by atoms with Gasteiger partial charge in [-0.25, -0.2) is 4.79 Å². The van der Waals surface area contributed by atoms with E-state index in [0.717, 1.165) is 24.3 Å². The van der Waals surface area contributed by atoms with Crippen LogP contribution in [0.1, 0.15) is 17.5 Å². The van der Waals surface area contributed by atoms with E-state index in [1.165, 1.54) is 5.56 Å². The first-order chi connectivity index (χ1) is 8.72. The largest absolute Gasteiger partial charge is 0.399 e. The van der Waals surface area contributed by atoms with E-state index in [9.17, 15) is 4.79 Å². The Labute approximate surface area is 106 Å². The van der Waals surface area contributed by atoms with Crippen LogP contribution in [-0.4, -0.2) is 30.2 Å². The maximum atomic E-state index is 12.1. The molecule has 1 aromatic carbocycles. The average Bonchev–Trinajstić information content (AvgIpc) is 2.96. The van der Waals surface area contributed by atoms with Gasteiger partial charge in [0, 0.05) is 25.4 Å². The van der Waals surface area contributed by atoms with Gasteiger partial charge in [0.15, 0.2) is 0 Å². The molecular formula is C13H17N3O2. The van der Waals surface area contributed by atoms with Crippen molar-refractivity contribution in [2.75, 3.05) is 18.9 Å². The first kappa shape index (κ1) is 11.3. The highest BCUT2D eigenvalue weighted by atomic mass is 16.5. The molecule has 2 aliphatic heterocycles. The highest BCUT2D eigenvalue weighted by Crippen LogP contribution is 2.24. The molecule has 1 atom stereocenters. The molecule has 0 radical (unpaired) electrons. The maximum absolute atomic E-state index is 12.1. The van der Waals surface area contributed by atoms with Gasteiger partial charge in [0.05, 0.1) is 12.6 Å². The number of amides is 2. The molecule has 1 fully saturated rings. The lowest BCUT2D eigenvalue weighted by Gasteiger charge is -2.19. The molecule has 0 aliphatic carbocycles. The van der Waals surface area contributed by atoms with Crippen LogP contribution < -0.4 is 11.1 Å². The fraction of sp³-hybridized carbons (Fsp3) is 0.462. The lowest BCUT2D eigenvalue weighted by atomic mass is 10.1. The van der Waals surface area contributed by atoms with Crippen LogP contribution >= 0.6 is 0 Å². The highest BCUT2D eigenvalue weighted by Gasteiger charge is 2.26. The molecule has 1 unspecified atom stereocenters. The van der Waals surface area contributed by atoms with Crippen molar-refractivity contribution in [1.29, 1.82) is 0 Å². The van der Waals surface area contributed by atoms with Gasteiger partial charge in [-0.2, -0.15) is 0 Å². The first-order valence-electron chi connectivity index (χ1n) is 6.23. The van der Waals surface area contributed by atoms with Gasteiger partial charge in [0.1, 0.15) is 0 Å². The number of nitrogens with zero attached hydrogens (tertiary/aromatic N) is 1. The number of ether oxygens (including phenoxy) is 1. The molecular weight excluding hydrogens is 230 g/mol. The van der Waals surface area contributed by atoms with Crippen molar-refractivity contribution in [3.8, 4) is 0 Å². The minimum Gasteiger partial charge on any atom is -0.399 e. The Balaban J connectivity index is 1.64. The van der Waals surface area contributed by atoms with Crippen molar-refractivity contribution in [2.24, 2.45) is 0 Å². The number of nitrogens with one attached hydrogen (secondary N) is 1. The van der Waals surface area contributed by atoms with E-state index in [0.29, 0.717) is 19.7 Å².